The second-order valence-electron chi connectivity index (χ2n) is 6.28. The van der Waals surface area contributed by atoms with Crippen LogP contribution in [0.4, 0.5) is 0 Å². The number of nitrogens with one attached hydrogen (secondary N) is 1. The number of hydrogen-bond acceptors (Lipinski definition) is 2. The molecular weight excluding hydrogens is 184 g/mol. The van der Waals surface area contributed by atoms with Gasteiger partial charge in [0.25, 0.3) is 0 Å². The molecule has 5 fully saturated rings. The van der Waals surface area contributed by atoms with E-state index in [1.54, 1.807) is 12.8 Å². The monoisotopic (exact) mass is 206 g/mol. The molecule has 5 atom stereocenters. The highest BCUT2D eigenvalue weighted by atomic mass is 15.3. The summed E-state index contributed by atoms with van der Waals surface area (Å²) >= 11 is 0. The van der Waals surface area contributed by atoms with Crippen LogP contribution < -0.4 is 5.32 Å². The molecule has 2 saturated carbocycles. The number of rotatable bonds is 1. The van der Waals surface area contributed by atoms with E-state index in [1.807, 2.05) is 0 Å². The average molecular weight is 206 g/mol. The van der Waals surface area contributed by atoms with Crippen molar-refractivity contribution in [3.05, 3.63) is 0 Å². The summed E-state index contributed by atoms with van der Waals surface area (Å²) in [5.74, 6) is 2.18. The molecule has 5 aliphatic rings. The molecule has 0 amide bonds. The van der Waals surface area contributed by atoms with Crippen LogP contribution in [0, 0.1) is 11.8 Å². The van der Waals surface area contributed by atoms with Crippen LogP contribution in [0.5, 0.6) is 0 Å². The summed E-state index contributed by atoms with van der Waals surface area (Å²) in [6.45, 7) is 2.64. The third-order valence-corrected chi connectivity index (χ3v) is 5.52. The number of nitrogens with zero attached hydrogens (tertiary/aromatic N) is 1. The Labute approximate surface area is 92.4 Å². The second-order valence-corrected chi connectivity index (χ2v) is 6.28. The van der Waals surface area contributed by atoms with Crippen molar-refractivity contribution in [1.29, 1.82) is 0 Å². The van der Waals surface area contributed by atoms with Gasteiger partial charge < -0.3 is 5.32 Å². The Hall–Kier alpha value is -0.0800. The molecule has 3 aliphatic heterocycles. The number of fused-ring (bicyclic) bond motifs is 5. The zero-order valence-electron chi connectivity index (χ0n) is 9.49. The van der Waals surface area contributed by atoms with E-state index in [1.165, 1.54) is 38.8 Å². The van der Waals surface area contributed by atoms with Gasteiger partial charge in [-0.15, -0.1) is 0 Å². The quantitative estimate of drug-likeness (QED) is 0.701. The summed E-state index contributed by atoms with van der Waals surface area (Å²) in [6, 6.07) is 2.70. The third kappa shape index (κ3) is 1.31. The van der Waals surface area contributed by atoms with Crippen LogP contribution in [-0.4, -0.2) is 36.1 Å². The normalized spacial score (nSPS) is 54.0. The van der Waals surface area contributed by atoms with Crippen molar-refractivity contribution in [3.63, 3.8) is 0 Å². The maximum atomic E-state index is 3.67. The molecule has 5 rings (SSSR count). The topological polar surface area (TPSA) is 15.3 Å². The number of piperazine rings is 1. The molecule has 0 spiro atoms. The van der Waals surface area contributed by atoms with Crippen LogP contribution in [0.1, 0.15) is 38.5 Å². The van der Waals surface area contributed by atoms with Gasteiger partial charge in [0.15, 0.2) is 0 Å². The predicted octanol–water partition coefficient (Wildman–Crippen LogP) is 1.61. The summed E-state index contributed by atoms with van der Waals surface area (Å²) in [4.78, 5) is 2.90. The lowest BCUT2D eigenvalue weighted by Crippen LogP contribution is -2.64. The molecule has 3 heterocycles. The molecule has 4 bridgehead atoms. The predicted molar refractivity (Wildman–Crippen MR) is 60.8 cm³/mol. The van der Waals surface area contributed by atoms with E-state index < -0.39 is 0 Å². The first kappa shape index (κ1) is 9.00. The first-order valence-corrected chi connectivity index (χ1v) is 6.89. The summed E-state index contributed by atoms with van der Waals surface area (Å²) < 4.78 is 0. The molecule has 0 aromatic carbocycles. The van der Waals surface area contributed by atoms with Crippen LogP contribution >= 0.6 is 0 Å². The maximum Gasteiger partial charge on any atom is 0.0225 e. The zero-order valence-corrected chi connectivity index (χ0v) is 9.49. The minimum Gasteiger partial charge on any atom is -0.311 e. The summed E-state index contributed by atoms with van der Waals surface area (Å²) in [5.41, 5.74) is 0. The summed E-state index contributed by atoms with van der Waals surface area (Å²) in [7, 11) is 0. The smallest absolute Gasteiger partial charge is 0.0225 e. The number of piperidine rings is 2. The zero-order chi connectivity index (χ0) is 9.83. The van der Waals surface area contributed by atoms with Crippen LogP contribution in [0.3, 0.4) is 0 Å². The van der Waals surface area contributed by atoms with E-state index in [4.69, 9.17) is 0 Å². The molecule has 0 radical (unpaired) electrons. The molecular formula is C13H22N2. The van der Waals surface area contributed by atoms with E-state index in [0.717, 1.165) is 30.0 Å². The molecule has 0 aromatic heterocycles. The molecule has 5 unspecified atom stereocenters. The molecule has 3 saturated heterocycles. The van der Waals surface area contributed by atoms with E-state index in [2.05, 4.69) is 10.2 Å². The van der Waals surface area contributed by atoms with Gasteiger partial charge in [0.2, 0.25) is 0 Å². The third-order valence-electron chi connectivity index (χ3n) is 5.52. The van der Waals surface area contributed by atoms with E-state index in [0.29, 0.717) is 0 Å². The van der Waals surface area contributed by atoms with Gasteiger partial charge in [-0.3, -0.25) is 4.90 Å². The summed E-state index contributed by atoms with van der Waals surface area (Å²) in [6.07, 6.45) is 9.07. The van der Waals surface area contributed by atoms with Crippen molar-refractivity contribution >= 4 is 0 Å². The average Bonchev–Trinajstić information content (AvgIpc) is 2.92. The van der Waals surface area contributed by atoms with E-state index in [-0.39, 0.29) is 0 Å². The first-order chi connectivity index (χ1) is 7.40. The highest BCUT2D eigenvalue weighted by Crippen LogP contribution is 2.48. The Bertz CT molecular complexity index is 257. The van der Waals surface area contributed by atoms with Gasteiger partial charge in [0.1, 0.15) is 0 Å². The minimum absolute atomic E-state index is 0.828. The Balaban J connectivity index is 1.53. The fourth-order valence-electron chi connectivity index (χ4n) is 4.77. The van der Waals surface area contributed by atoms with Crippen LogP contribution in [0.2, 0.25) is 0 Å². The fraction of sp³-hybridized carbons (Fsp3) is 1.00. The van der Waals surface area contributed by atoms with Crippen LogP contribution in [-0.2, 0) is 0 Å². The van der Waals surface area contributed by atoms with Gasteiger partial charge in [0.05, 0.1) is 0 Å². The van der Waals surface area contributed by atoms with E-state index in [9.17, 15) is 0 Å². The highest BCUT2D eigenvalue weighted by molar-refractivity contribution is 5.02. The highest BCUT2D eigenvalue weighted by Gasteiger charge is 2.46. The van der Waals surface area contributed by atoms with Gasteiger partial charge in [-0.1, -0.05) is 6.42 Å². The van der Waals surface area contributed by atoms with Gasteiger partial charge >= 0.3 is 0 Å². The van der Waals surface area contributed by atoms with Crippen molar-refractivity contribution < 1.29 is 0 Å². The lowest BCUT2D eigenvalue weighted by molar-refractivity contribution is 0.0155. The Morgan fingerprint density at radius 2 is 2.00 bits per heavy atom. The molecule has 15 heavy (non-hydrogen) atoms. The van der Waals surface area contributed by atoms with Crippen molar-refractivity contribution in [2.75, 3.05) is 13.1 Å². The Kier molecular flexibility index (Phi) is 1.92. The molecule has 2 heteroatoms. The molecule has 1 N–H and O–H groups in total. The van der Waals surface area contributed by atoms with Gasteiger partial charge in [-0.25, -0.2) is 0 Å². The number of hydrogen-bond donors (Lipinski definition) is 1. The molecule has 2 aliphatic carbocycles. The van der Waals surface area contributed by atoms with Gasteiger partial charge in [0, 0.05) is 31.2 Å². The van der Waals surface area contributed by atoms with Crippen molar-refractivity contribution in [2.45, 2.75) is 56.7 Å². The molecule has 84 valence electrons. The maximum absolute atomic E-state index is 3.67. The van der Waals surface area contributed by atoms with Crippen LogP contribution in [0.15, 0.2) is 0 Å². The van der Waals surface area contributed by atoms with E-state index >= 15 is 0 Å². The second kappa shape index (κ2) is 3.21. The fourth-order valence-corrected chi connectivity index (χ4v) is 4.77. The minimum atomic E-state index is 0.828. The first-order valence-electron chi connectivity index (χ1n) is 6.89. The molecule has 0 aromatic rings. The standard InChI is InChI=1S/C13H22N2/c1-2-10-5-9(1)6-13(10)15-8-11-3-4-12(15)7-14-11/h9-14H,1-8H2. The lowest BCUT2D eigenvalue weighted by Gasteiger charge is -2.50. The molecule has 2 nitrogen and oxygen atoms in total. The van der Waals surface area contributed by atoms with Crippen molar-refractivity contribution in [1.82, 2.24) is 10.2 Å². The summed E-state index contributed by atoms with van der Waals surface area (Å²) in [5, 5.41) is 3.67. The van der Waals surface area contributed by atoms with Gasteiger partial charge in [-0.2, -0.15) is 0 Å². The lowest BCUT2D eigenvalue weighted by atomic mass is 9.86. The van der Waals surface area contributed by atoms with Crippen LogP contribution in [0.25, 0.3) is 0 Å². The Morgan fingerprint density at radius 3 is 2.53 bits per heavy atom. The van der Waals surface area contributed by atoms with Gasteiger partial charge in [-0.05, 0) is 43.9 Å². The SMILES string of the molecule is C1CC2CC1CC2N1CC2CCC1CN2. The Morgan fingerprint density at radius 1 is 1.00 bits per heavy atom. The van der Waals surface area contributed by atoms with Crippen molar-refractivity contribution in [2.24, 2.45) is 11.8 Å². The largest absolute Gasteiger partial charge is 0.311 e. The van der Waals surface area contributed by atoms with Crippen molar-refractivity contribution in [3.8, 4) is 0 Å².